The van der Waals surface area contributed by atoms with Crippen LogP contribution in [0.5, 0.6) is 0 Å². The van der Waals surface area contributed by atoms with Crippen molar-refractivity contribution in [1.82, 2.24) is 0 Å². The van der Waals surface area contributed by atoms with Crippen LogP contribution in [0.2, 0.25) is 0 Å². The molecule has 4 rings (SSSR count). The molecular formula is C28H30N6. The molecule has 0 amide bonds. The van der Waals surface area contributed by atoms with Gasteiger partial charge in [0.2, 0.25) is 0 Å². The number of aryl methyl sites for hydroxylation is 4. The Morgan fingerprint density at radius 3 is 1.82 bits per heavy atom. The number of benzene rings is 4. The van der Waals surface area contributed by atoms with Crippen molar-refractivity contribution >= 4 is 34.1 Å². The van der Waals surface area contributed by atoms with Crippen LogP contribution in [0, 0.1) is 27.7 Å². The molecule has 0 aliphatic rings. The fourth-order valence-electron chi connectivity index (χ4n) is 3.10. The Balaban J connectivity index is 0.000000191. The van der Waals surface area contributed by atoms with Crippen molar-refractivity contribution in [3.05, 3.63) is 107 Å². The maximum atomic E-state index is 5.75. The van der Waals surface area contributed by atoms with E-state index in [1.807, 2.05) is 113 Å². The largest absolute Gasteiger partial charge is 0.399 e. The third-order valence-corrected chi connectivity index (χ3v) is 5.14. The van der Waals surface area contributed by atoms with Crippen LogP contribution in [-0.4, -0.2) is 0 Å². The zero-order valence-electron chi connectivity index (χ0n) is 20.0. The highest BCUT2D eigenvalue weighted by molar-refractivity contribution is 5.55. The average Bonchev–Trinajstić information content (AvgIpc) is 2.81. The molecule has 0 unspecified atom stereocenters. The topological polar surface area (TPSA) is 101 Å². The number of nitrogens with zero attached hydrogens (tertiary/aromatic N) is 4. The summed E-state index contributed by atoms with van der Waals surface area (Å²) in [5.74, 6) is 0. The van der Waals surface area contributed by atoms with Gasteiger partial charge < -0.3 is 11.5 Å². The Labute approximate surface area is 201 Å². The van der Waals surface area contributed by atoms with Crippen molar-refractivity contribution in [2.45, 2.75) is 27.7 Å². The Morgan fingerprint density at radius 1 is 0.500 bits per heavy atom. The summed E-state index contributed by atoms with van der Waals surface area (Å²) in [6, 6.07) is 27.1. The number of hydrogen-bond acceptors (Lipinski definition) is 6. The number of hydrogen-bond donors (Lipinski definition) is 2. The van der Waals surface area contributed by atoms with Crippen LogP contribution in [0.25, 0.3) is 0 Å². The Hall–Kier alpha value is -4.32. The molecule has 0 aliphatic carbocycles. The summed E-state index contributed by atoms with van der Waals surface area (Å²) >= 11 is 0. The lowest BCUT2D eigenvalue weighted by molar-refractivity contribution is 1.20. The molecule has 6 nitrogen and oxygen atoms in total. The van der Waals surface area contributed by atoms with Crippen LogP contribution in [0.3, 0.4) is 0 Å². The highest BCUT2D eigenvalue weighted by Gasteiger charge is 1.98. The normalized spacial score (nSPS) is 10.9. The van der Waals surface area contributed by atoms with Crippen LogP contribution in [-0.2, 0) is 0 Å². The number of nitrogens with two attached hydrogens (primary N) is 2. The first-order chi connectivity index (χ1) is 16.3. The minimum atomic E-state index is 0.747. The van der Waals surface area contributed by atoms with E-state index in [0.717, 1.165) is 50.8 Å². The van der Waals surface area contributed by atoms with Crippen molar-refractivity contribution in [3.8, 4) is 0 Å². The predicted octanol–water partition coefficient (Wildman–Crippen LogP) is 8.60. The molecule has 0 radical (unpaired) electrons. The van der Waals surface area contributed by atoms with Crippen LogP contribution in [0.15, 0.2) is 105 Å². The van der Waals surface area contributed by atoms with Crippen LogP contribution < -0.4 is 11.5 Å². The van der Waals surface area contributed by atoms with E-state index in [1.54, 1.807) is 0 Å². The number of rotatable bonds is 4. The maximum Gasteiger partial charge on any atom is 0.0887 e. The number of nitrogen functional groups attached to an aromatic ring is 2. The molecule has 0 aliphatic heterocycles. The maximum absolute atomic E-state index is 5.75. The molecule has 172 valence electrons. The van der Waals surface area contributed by atoms with Gasteiger partial charge in [0.1, 0.15) is 0 Å². The van der Waals surface area contributed by atoms with Gasteiger partial charge in [-0.2, -0.15) is 20.5 Å². The molecule has 0 aromatic heterocycles. The second kappa shape index (κ2) is 11.5. The zero-order valence-corrected chi connectivity index (χ0v) is 20.0. The summed E-state index contributed by atoms with van der Waals surface area (Å²) in [6.45, 7) is 7.99. The van der Waals surface area contributed by atoms with E-state index in [-0.39, 0.29) is 0 Å². The molecule has 34 heavy (non-hydrogen) atoms. The van der Waals surface area contributed by atoms with E-state index in [0.29, 0.717) is 0 Å². The van der Waals surface area contributed by atoms with E-state index < -0.39 is 0 Å². The fraction of sp³-hybridized carbons (Fsp3) is 0.143. The quantitative estimate of drug-likeness (QED) is 0.240. The SMILES string of the molecule is Cc1cc(N=Nc2ccccc2C)ccc1N.Cc1cccc(N=Nc2ccc(N)cc2C)c1. The number of anilines is 2. The first kappa shape index (κ1) is 24.3. The Bertz CT molecular complexity index is 1320. The van der Waals surface area contributed by atoms with Gasteiger partial charge in [0, 0.05) is 11.4 Å². The molecular weight excluding hydrogens is 420 g/mol. The first-order valence-electron chi connectivity index (χ1n) is 11.0. The van der Waals surface area contributed by atoms with Crippen molar-refractivity contribution < 1.29 is 0 Å². The lowest BCUT2D eigenvalue weighted by Gasteiger charge is -2.00. The van der Waals surface area contributed by atoms with Crippen molar-refractivity contribution in [2.24, 2.45) is 20.5 Å². The van der Waals surface area contributed by atoms with Crippen molar-refractivity contribution in [3.63, 3.8) is 0 Å². The van der Waals surface area contributed by atoms with Gasteiger partial charge in [0.05, 0.1) is 22.7 Å². The Kier molecular flexibility index (Phi) is 8.24. The van der Waals surface area contributed by atoms with Gasteiger partial charge in [-0.1, -0.05) is 30.3 Å². The monoisotopic (exact) mass is 450 g/mol. The smallest absolute Gasteiger partial charge is 0.0887 e. The van der Waals surface area contributed by atoms with Crippen molar-refractivity contribution in [2.75, 3.05) is 11.5 Å². The zero-order chi connectivity index (χ0) is 24.5. The van der Waals surface area contributed by atoms with E-state index >= 15 is 0 Å². The minimum Gasteiger partial charge on any atom is -0.399 e. The third kappa shape index (κ3) is 7.10. The first-order valence-corrected chi connectivity index (χ1v) is 11.0. The molecule has 4 aromatic rings. The molecule has 6 heteroatoms. The molecule has 4 aromatic carbocycles. The van der Waals surface area contributed by atoms with Crippen LogP contribution >= 0.6 is 0 Å². The summed E-state index contributed by atoms with van der Waals surface area (Å²) < 4.78 is 0. The van der Waals surface area contributed by atoms with E-state index in [4.69, 9.17) is 11.5 Å². The lowest BCUT2D eigenvalue weighted by atomic mass is 10.2. The predicted molar refractivity (Wildman–Crippen MR) is 142 cm³/mol. The summed E-state index contributed by atoms with van der Waals surface area (Å²) in [5, 5.41) is 16.9. The molecule has 4 N–H and O–H groups in total. The van der Waals surface area contributed by atoms with Crippen LogP contribution in [0.1, 0.15) is 22.3 Å². The molecule has 0 saturated carbocycles. The standard InChI is InChI=1S/2C14H15N3/c1-10-4-3-5-13(8-10)16-17-14-7-6-12(15)9-11(14)2;1-10-5-3-4-6-14(10)17-16-12-7-8-13(15)11(2)9-12/h2*3-9H,15H2,1-2H3. The molecule has 0 heterocycles. The van der Waals surface area contributed by atoms with Gasteiger partial charge in [0.25, 0.3) is 0 Å². The van der Waals surface area contributed by atoms with Gasteiger partial charge in [-0.15, -0.1) is 0 Å². The average molecular weight is 451 g/mol. The summed E-state index contributed by atoms with van der Waals surface area (Å²) in [7, 11) is 0. The highest BCUT2D eigenvalue weighted by Crippen LogP contribution is 2.25. The summed E-state index contributed by atoms with van der Waals surface area (Å²) in [5.41, 5.74) is 20.7. The van der Waals surface area contributed by atoms with Gasteiger partial charge in [-0.25, -0.2) is 0 Å². The van der Waals surface area contributed by atoms with Gasteiger partial charge in [-0.3, -0.25) is 0 Å². The summed E-state index contributed by atoms with van der Waals surface area (Å²) in [4.78, 5) is 0. The molecule has 0 spiro atoms. The van der Waals surface area contributed by atoms with Crippen LogP contribution in [0.4, 0.5) is 34.1 Å². The highest BCUT2D eigenvalue weighted by atomic mass is 15.1. The van der Waals surface area contributed by atoms with Gasteiger partial charge in [-0.05, 0) is 105 Å². The number of azo groups is 2. The lowest BCUT2D eigenvalue weighted by Crippen LogP contribution is -1.87. The summed E-state index contributed by atoms with van der Waals surface area (Å²) in [6.07, 6.45) is 0. The van der Waals surface area contributed by atoms with Gasteiger partial charge >= 0.3 is 0 Å². The molecule has 0 atom stereocenters. The van der Waals surface area contributed by atoms with Crippen molar-refractivity contribution in [1.29, 1.82) is 0 Å². The van der Waals surface area contributed by atoms with E-state index in [1.165, 1.54) is 5.56 Å². The Morgan fingerprint density at radius 2 is 1.18 bits per heavy atom. The molecule has 0 saturated heterocycles. The minimum absolute atomic E-state index is 0.747. The van der Waals surface area contributed by atoms with Gasteiger partial charge in [0.15, 0.2) is 0 Å². The second-order valence-corrected chi connectivity index (χ2v) is 8.11. The van der Waals surface area contributed by atoms with E-state index in [9.17, 15) is 0 Å². The molecule has 0 fully saturated rings. The third-order valence-electron chi connectivity index (χ3n) is 5.14. The van der Waals surface area contributed by atoms with E-state index in [2.05, 4.69) is 20.5 Å². The molecule has 0 bridgehead atoms. The second-order valence-electron chi connectivity index (χ2n) is 8.11. The fourth-order valence-corrected chi connectivity index (χ4v) is 3.10.